The number of hydrogen-bond acceptors (Lipinski definition) is 3. The lowest BCUT2D eigenvalue weighted by atomic mass is 10.1. The van der Waals surface area contributed by atoms with Gasteiger partial charge in [-0.15, -0.1) is 0 Å². The van der Waals surface area contributed by atoms with Crippen LogP contribution in [0.2, 0.25) is 0 Å². The Bertz CT molecular complexity index is 771. The van der Waals surface area contributed by atoms with E-state index in [0.29, 0.717) is 24.1 Å². The zero-order chi connectivity index (χ0) is 16.6. The number of benzene rings is 1. The molecule has 2 heterocycles. The zero-order valence-corrected chi connectivity index (χ0v) is 12.6. The van der Waals surface area contributed by atoms with Crippen molar-refractivity contribution in [1.29, 1.82) is 0 Å². The first kappa shape index (κ1) is 15.3. The maximum atomic E-state index is 13.9. The Balaban J connectivity index is 1.95. The first-order chi connectivity index (χ1) is 11.0. The van der Waals surface area contributed by atoms with E-state index < -0.39 is 11.8 Å². The van der Waals surface area contributed by atoms with Crippen LogP contribution in [-0.4, -0.2) is 46.6 Å². The van der Waals surface area contributed by atoms with Gasteiger partial charge in [0.2, 0.25) is 0 Å². The summed E-state index contributed by atoms with van der Waals surface area (Å²) in [6.07, 6.45) is 1.35. The summed E-state index contributed by atoms with van der Waals surface area (Å²) in [7, 11) is 1.48. The molecular weight excluding hydrogens is 303 g/mol. The summed E-state index contributed by atoms with van der Waals surface area (Å²) in [5, 5.41) is 9.44. The van der Waals surface area contributed by atoms with Crippen molar-refractivity contribution >= 4 is 22.8 Å². The molecule has 7 heteroatoms. The van der Waals surface area contributed by atoms with Crippen molar-refractivity contribution in [3.8, 4) is 5.75 Å². The molecule has 0 spiro atoms. The summed E-state index contributed by atoms with van der Waals surface area (Å²) in [6.45, 7) is 0.506. The Kier molecular flexibility index (Phi) is 3.94. The van der Waals surface area contributed by atoms with E-state index in [-0.39, 0.29) is 29.6 Å². The molecule has 6 nitrogen and oxygen atoms in total. The van der Waals surface area contributed by atoms with E-state index in [2.05, 4.69) is 4.98 Å². The predicted molar refractivity (Wildman–Crippen MR) is 81.1 cm³/mol. The Hall–Kier alpha value is -2.57. The fourth-order valence-electron chi connectivity index (χ4n) is 3.12. The molecule has 2 N–H and O–H groups in total. The average Bonchev–Trinajstić information content (AvgIpc) is 3.14. The summed E-state index contributed by atoms with van der Waals surface area (Å²) < 4.78 is 19.1. The number of carbonyl (C=O) groups excluding carboxylic acids is 1. The number of aromatic nitrogens is 1. The van der Waals surface area contributed by atoms with Crippen LogP contribution in [0, 0.1) is 5.82 Å². The fourth-order valence-corrected chi connectivity index (χ4v) is 3.12. The van der Waals surface area contributed by atoms with Gasteiger partial charge in [-0.1, -0.05) is 0 Å². The third kappa shape index (κ3) is 2.74. The quantitative estimate of drug-likeness (QED) is 0.906. The third-order valence-corrected chi connectivity index (χ3v) is 4.20. The number of nitrogens with one attached hydrogen (secondary N) is 1. The molecule has 1 fully saturated rings. The highest BCUT2D eigenvalue weighted by molar-refractivity contribution is 6.00. The third-order valence-electron chi connectivity index (χ3n) is 4.20. The topological polar surface area (TPSA) is 82.6 Å². The number of fused-ring (bicyclic) bond motifs is 1. The minimum Gasteiger partial charge on any atom is -0.496 e. The highest BCUT2D eigenvalue weighted by Crippen LogP contribution is 2.30. The lowest BCUT2D eigenvalue weighted by Gasteiger charge is -2.22. The van der Waals surface area contributed by atoms with Crippen molar-refractivity contribution in [3.05, 3.63) is 29.7 Å². The molecule has 1 saturated heterocycles. The molecular formula is C16H17FN2O4. The normalized spacial score (nSPS) is 17.7. The molecule has 0 aliphatic carbocycles. The van der Waals surface area contributed by atoms with Crippen molar-refractivity contribution in [3.63, 3.8) is 0 Å². The maximum Gasteiger partial charge on any atom is 0.305 e. The Morgan fingerprint density at radius 1 is 1.48 bits per heavy atom. The van der Waals surface area contributed by atoms with Crippen molar-refractivity contribution in [2.24, 2.45) is 0 Å². The number of aliphatic carboxylic acids is 1. The standard InChI is InChI=1S/C16H17FN2O4/c1-23-13-5-4-11(17)15-10(13)8-12(18-15)16(22)19-6-2-3-9(19)7-14(20)21/h4-5,8-9,18H,2-3,6-7H2,1H3,(H,20,21). The van der Waals surface area contributed by atoms with Crippen molar-refractivity contribution in [1.82, 2.24) is 9.88 Å². The van der Waals surface area contributed by atoms with Gasteiger partial charge in [-0.3, -0.25) is 9.59 Å². The number of ether oxygens (including phenoxy) is 1. The smallest absolute Gasteiger partial charge is 0.305 e. The Morgan fingerprint density at radius 2 is 2.26 bits per heavy atom. The van der Waals surface area contributed by atoms with Gasteiger partial charge in [0.25, 0.3) is 5.91 Å². The number of carboxylic acid groups (broad SMARTS) is 1. The number of amides is 1. The van der Waals surface area contributed by atoms with Crippen molar-refractivity contribution < 1.29 is 23.8 Å². The molecule has 1 unspecified atom stereocenters. The van der Waals surface area contributed by atoms with Gasteiger partial charge < -0.3 is 19.7 Å². The number of aromatic amines is 1. The molecule has 23 heavy (non-hydrogen) atoms. The second-order valence-corrected chi connectivity index (χ2v) is 5.61. The molecule has 1 aromatic carbocycles. The van der Waals surface area contributed by atoms with Crippen LogP contribution >= 0.6 is 0 Å². The Morgan fingerprint density at radius 3 is 2.96 bits per heavy atom. The molecule has 0 bridgehead atoms. The molecule has 1 aliphatic heterocycles. The summed E-state index contributed by atoms with van der Waals surface area (Å²) in [6, 6.07) is 4.01. The van der Waals surface area contributed by atoms with E-state index in [1.54, 1.807) is 11.0 Å². The van der Waals surface area contributed by atoms with Gasteiger partial charge in [0.15, 0.2) is 0 Å². The van der Waals surface area contributed by atoms with Gasteiger partial charge in [0, 0.05) is 18.0 Å². The fraction of sp³-hybridized carbons (Fsp3) is 0.375. The molecule has 0 radical (unpaired) electrons. The van der Waals surface area contributed by atoms with E-state index in [9.17, 15) is 14.0 Å². The molecule has 2 aromatic rings. The maximum absolute atomic E-state index is 13.9. The minimum absolute atomic E-state index is 0.0797. The van der Waals surface area contributed by atoms with Crippen LogP contribution in [0.1, 0.15) is 29.8 Å². The van der Waals surface area contributed by atoms with E-state index in [0.717, 1.165) is 6.42 Å². The number of hydrogen-bond donors (Lipinski definition) is 2. The number of likely N-dealkylation sites (tertiary alicyclic amines) is 1. The lowest BCUT2D eigenvalue weighted by Crippen LogP contribution is -2.37. The van der Waals surface area contributed by atoms with Crippen LogP contribution in [0.3, 0.4) is 0 Å². The SMILES string of the molecule is COc1ccc(F)c2[nH]c(C(=O)N3CCCC3CC(=O)O)cc12. The van der Waals surface area contributed by atoms with Crippen molar-refractivity contribution in [2.45, 2.75) is 25.3 Å². The molecule has 0 saturated carbocycles. The van der Waals surface area contributed by atoms with Gasteiger partial charge in [0.05, 0.1) is 19.0 Å². The first-order valence-electron chi connectivity index (χ1n) is 7.39. The van der Waals surface area contributed by atoms with Crippen LogP contribution in [0.25, 0.3) is 10.9 Å². The molecule has 1 aliphatic rings. The minimum atomic E-state index is -0.931. The van der Waals surface area contributed by atoms with Gasteiger partial charge in [-0.2, -0.15) is 0 Å². The molecule has 1 amide bonds. The Labute approximate surface area is 131 Å². The predicted octanol–water partition coefficient (Wildman–Crippen LogP) is 2.39. The van der Waals surface area contributed by atoms with E-state index in [1.807, 2.05) is 0 Å². The number of nitrogens with zero attached hydrogens (tertiary/aromatic N) is 1. The largest absolute Gasteiger partial charge is 0.496 e. The number of carbonyl (C=O) groups is 2. The second-order valence-electron chi connectivity index (χ2n) is 5.61. The summed E-state index contributed by atoms with van der Waals surface area (Å²) in [4.78, 5) is 27.9. The molecule has 122 valence electrons. The lowest BCUT2D eigenvalue weighted by molar-refractivity contribution is -0.137. The molecule has 3 rings (SSSR count). The van der Waals surface area contributed by atoms with E-state index in [4.69, 9.17) is 9.84 Å². The molecule has 1 aromatic heterocycles. The monoisotopic (exact) mass is 320 g/mol. The molecule has 1 atom stereocenters. The number of carboxylic acids is 1. The zero-order valence-electron chi connectivity index (χ0n) is 12.6. The van der Waals surface area contributed by atoms with Crippen LogP contribution < -0.4 is 4.74 Å². The number of H-pyrrole nitrogens is 1. The second kappa shape index (κ2) is 5.91. The van der Waals surface area contributed by atoms with Gasteiger partial charge in [0.1, 0.15) is 17.3 Å². The van der Waals surface area contributed by atoms with Crippen molar-refractivity contribution in [2.75, 3.05) is 13.7 Å². The summed E-state index contributed by atoms with van der Waals surface area (Å²) in [5.41, 5.74) is 0.447. The number of halogens is 1. The van der Waals surface area contributed by atoms with Gasteiger partial charge in [-0.25, -0.2) is 4.39 Å². The van der Waals surface area contributed by atoms with Crippen LogP contribution in [0.4, 0.5) is 4.39 Å². The number of methoxy groups -OCH3 is 1. The van der Waals surface area contributed by atoms with Crippen LogP contribution in [0.5, 0.6) is 5.75 Å². The average molecular weight is 320 g/mol. The summed E-state index contributed by atoms with van der Waals surface area (Å²) >= 11 is 0. The summed E-state index contributed by atoms with van der Waals surface area (Å²) in [5.74, 6) is -1.24. The van der Waals surface area contributed by atoms with E-state index >= 15 is 0 Å². The highest BCUT2D eigenvalue weighted by Gasteiger charge is 2.32. The highest BCUT2D eigenvalue weighted by atomic mass is 19.1. The van der Waals surface area contributed by atoms with Crippen LogP contribution in [-0.2, 0) is 4.79 Å². The van der Waals surface area contributed by atoms with Gasteiger partial charge in [-0.05, 0) is 31.0 Å². The number of rotatable bonds is 4. The first-order valence-corrected chi connectivity index (χ1v) is 7.39. The van der Waals surface area contributed by atoms with E-state index in [1.165, 1.54) is 19.2 Å². The van der Waals surface area contributed by atoms with Gasteiger partial charge >= 0.3 is 5.97 Å². The van der Waals surface area contributed by atoms with Crippen LogP contribution in [0.15, 0.2) is 18.2 Å².